The van der Waals surface area contributed by atoms with Crippen LogP contribution >= 0.6 is 0 Å². The number of hydrogen-bond donors (Lipinski definition) is 1. The molecule has 3 unspecified atom stereocenters. The van der Waals surface area contributed by atoms with Crippen LogP contribution in [0.5, 0.6) is 0 Å². The van der Waals surface area contributed by atoms with Gasteiger partial charge in [-0.25, -0.2) is 0 Å². The van der Waals surface area contributed by atoms with E-state index in [0.717, 1.165) is 18.0 Å². The molecule has 2 rings (SSSR count). The molecule has 1 heterocycles. The Morgan fingerprint density at radius 1 is 1.12 bits per heavy atom. The Morgan fingerprint density at radius 2 is 1.94 bits per heavy atom. The van der Waals surface area contributed by atoms with Crippen molar-refractivity contribution in [1.29, 1.82) is 0 Å². The van der Waals surface area contributed by atoms with Crippen LogP contribution in [0.1, 0.15) is 52.4 Å². The van der Waals surface area contributed by atoms with Crippen molar-refractivity contribution in [2.75, 3.05) is 19.6 Å². The molecule has 3 atom stereocenters. The Labute approximate surface area is 101 Å². The molecule has 0 radical (unpaired) electrons. The summed E-state index contributed by atoms with van der Waals surface area (Å²) in [7, 11) is 0. The van der Waals surface area contributed by atoms with E-state index >= 15 is 0 Å². The molecular formula is C14H28N2. The van der Waals surface area contributed by atoms with Gasteiger partial charge in [-0.2, -0.15) is 0 Å². The Balaban J connectivity index is 1.88. The van der Waals surface area contributed by atoms with Crippen molar-refractivity contribution in [3.63, 3.8) is 0 Å². The summed E-state index contributed by atoms with van der Waals surface area (Å²) < 4.78 is 0. The van der Waals surface area contributed by atoms with Crippen molar-refractivity contribution in [2.45, 2.75) is 64.5 Å². The highest BCUT2D eigenvalue weighted by atomic mass is 15.2. The Bertz CT molecular complexity index is 205. The molecule has 0 aromatic rings. The SMILES string of the molecule is CCC1CCN(C2CCCCC2C)CCN1. The molecule has 0 amide bonds. The quantitative estimate of drug-likeness (QED) is 0.776. The van der Waals surface area contributed by atoms with Gasteiger partial charge in [0.05, 0.1) is 0 Å². The number of rotatable bonds is 2. The summed E-state index contributed by atoms with van der Waals surface area (Å²) in [4.78, 5) is 2.77. The van der Waals surface area contributed by atoms with E-state index in [2.05, 4.69) is 24.1 Å². The van der Waals surface area contributed by atoms with Crippen LogP contribution in [0.25, 0.3) is 0 Å². The first-order valence-electron chi connectivity index (χ1n) is 7.28. The second-order valence-electron chi connectivity index (χ2n) is 5.71. The van der Waals surface area contributed by atoms with Crippen molar-refractivity contribution >= 4 is 0 Å². The van der Waals surface area contributed by atoms with Crippen LogP contribution in [-0.4, -0.2) is 36.6 Å². The molecule has 1 saturated heterocycles. The van der Waals surface area contributed by atoms with Gasteiger partial charge in [-0.1, -0.05) is 26.7 Å². The zero-order valence-corrected chi connectivity index (χ0v) is 11.0. The fraction of sp³-hybridized carbons (Fsp3) is 1.00. The lowest BCUT2D eigenvalue weighted by Crippen LogP contribution is -2.43. The summed E-state index contributed by atoms with van der Waals surface area (Å²) in [5.41, 5.74) is 0. The third-order valence-corrected chi connectivity index (χ3v) is 4.62. The van der Waals surface area contributed by atoms with Gasteiger partial charge in [0.25, 0.3) is 0 Å². The lowest BCUT2D eigenvalue weighted by Gasteiger charge is -2.38. The summed E-state index contributed by atoms with van der Waals surface area (Å²) in [6.45, 7) is 8.55. The largest absolute Gasteiger partial charge is 0.313 e. The third-order valence-electron chi connectivity index (χ3n) is 4.62. The van der Waals surface area contributed by atoms with Gasteiger partial charge in [-0.05, 0) is 38.1 Å². The molecule has 2 heteroatoms. The molecule has 1 saturated carbocycles. The minimum absolute atomic E-state index is 0.767. The number of nitrogens with one attached hydrogen (secondary N) is 1. The second-order valence-corrected chi connectivity index (χ2v) is 5.71. The average Bonchev–Trinajstić information content (AvgIpc) is 2.55. The average molecular weight is 224 g/mol. The summed E-state index contributed by atoms with van der Waals surface area (Å²) >= 11 is 0. The molecule has 0 bridgehead atoms. The second kappa shape index (κ2) is 6.02. The fourth-order valence-electron chi connectivity index (χ4n) is 3.47. The van der Waals surface area contributed by atoms with Crippen LogP contribution in [0, 0.1) is 5.92 Å². The third kappa shape index (κ3) is 2.98. The van der Waals surface area contributed by atoms with E-state index in [1.807, 2.05) is 0 Å². The molecule has 1 aliphatic heterocycles. The van der Waals surface area contributed by atoms with E-state index in [1.165, 1.54) is 58.2 Å². The Hall–Kier alpha value is -0.0800. The van der Waals surface area contributed by atoms with E-state index < -0.39 is 0 Å². The zero-order chi connectivity index (χ0) is 11.4. The zero-order valence-electron chi connectivity index (χ0n) is 11.0. The molecule has 1 N–H and O–H groups in total. The Kier molecular flexibility index (Phi) is 4.66. The lowest BCUT2D eigenvalue weighted by atomic mass is 9.85. The summed E-state index contributed by atoms with van der Waals surface area (Å²) in [5.74, 6) is 0.923. The van der Waals surface area contributed by atoms with Crippen molar-refractivity contribution in [1.82, 2.24) is 10.2 Å². The topological polar surface area (TPSA) is 15.3 Å². The molecule has 2 fully saturated rings. The number of hydrogen-bond acceptors (Lipinski definition) is 2. The highest BCUT2D eigenvalue weighted by Gasteiger charge is 2.28. The van der Waals surface area contributed by atoms with Gasteiger partial charge < -0.3 is 5.32 Å². The first kappa shape index (κ1) is 12.4. The standard InChI is InChI=1S/C14H28N2/c1-3-13-8-10-16(11-9-15-13)14-7-5-4-6-12(14)2/h12-15H,3-11H2,1-2H3. The smallest absolute Gasteiger partial charge is 0.0121 e. The van der Waals surface area contributed by atoms with Crippen molar-refractivity contribution in [2.24, 2.45) is 5.92 Å². The molecule has 0 spiro atoms. The molecule has 2 aliphatic rings. The van der Waals surface area contributed by atoms with Crippen molar-refractivity contribution in [3.8, 4) is 0 Å². The van der Waals surface area contributed by atoms with Gasteiger partial charge in [0, 0.05) is 25.2 Å². The van der Waals surface area contributed by atoms with Crippen LogP contribution in [0.4, 0.5) is 0 Å². The molecule has 1 aliphatic carbocycles. The van der Waals surface area contributed by atoms with Gasteiger partial charge in [-0.15, -0.1) is 0 Å². The van der Waals surface area contributed by atoms with Crippen LogP contribution in [0.3, 0.4) is 0 Å². The van der Waals surface area contributed by atoms with Crippen LogP contribution in [0.2, 0.25) is 0 Å². The number of nitrogens with zero attached hydrogens (tertiary/aromatic N) is 1. The van der Waals surface area contributed by atoms with Gasteiger partial charge in [0.2, 0.25) is 0 Å². The maximum absolute atomic E-state index is 3.67. The lowest BCUT2D eigenvalue weighted by molar-refractivity contribution is 0.118. The normalized spacial score (nSPS) is 38.2. The van der Waals surface area contributed by atoms with E-state index in [4.69, 9.17) is 0 Å². The predicted molar refractivity (Wildman–Crippen MR) is 69.7 cm³/mol. The van der Waals surface area contributed by atoms with Gasteiger partial charge in [-0.3, -0.25) is 4.90 Å². The monoisotopic (exact) mass is 224 g/mol. The maximum Gasteiger partial charge on any atom is 0.0121 e. The molecule has 94 valence electrons. The minimum Gasteiger partial charge on any atom is -0.313 e. The van der Waals surface area contributed by atoms with E-state index in [9.17, 15) is 0 Å². The van der Waals surface area contributed by atoms with Gasteiger partial charge in [0.15, 0.2) is 0 Å². The van der Waals surface area contributed by atoms with E-state index in [1.54, 1.807) is 0 Å². The molecule has 16 heavy (non-hydrogen) atoms. The summed E-state index contributed by atoms with van der Waals surface area (Å²) in [6.07, 6.45) is 8.44. The van der Waals surface area contributed by atoms with E-state index in [0.29, 0.717) is 0 Å². The predicted octanol–water partition coefficient (Wildman–Crippen LogP) is 2.64. The van der Waals surface area contributed by atoms with E-state index in [-0.39, 0.29) is 0 Å². The summed E-state index contributed by atoms with van der Waals surface area (Å²) in [6, 6.07) is 1.65. The summed E-state index contributed by atoms with van der Waals surface area (Å²) in [5, 5.41) is 3.67. The highest BCUT2D eigenvalue weighted by Crippen LogP contribution is 2.28. The Morgan fingerprint density at radius 3 is 2.69 bits per heavy atom. The van der Waals surface area contributed by atoms with Crippen molar-refractivity contribution in [3.05, 3.63) is 0 Å². The maximum atomic E-state index is 3.67. The molecule has 0 aromatic carbocycles. The molecule has 0 aromatic heterocycles. The molecular weight excluding hydrogens is 196 g/mol. The van der Waals surface area contributed by atoms with Crippen molar-refractivity contribution < 1.29 is 0 Å². The fourth-order valence-corrected chi connectivity index (χ4v) is 3.47. The van der Waals surface area contributed by atoms with Gasteiger partial charge >= 0.3 is 0 Å². The molecule has 2 nitrogen and oxygen atoms in total. The first-order valence-corrected chi connectivity index (χ1v) is 7.28. The highest BCUT2D eigenvalue weighted by molar-refractivity contribution is 4.84. The minimum atomic E-state index is 0.767. The first-order chi connectivity index (χ1) is 7.81. The van der Waals surface area contributed by atoms with Crippen LogP contribution < -0.4 is 5.32 Å². The van der Waals surface area contributed by atoms with Gasteiger partial charge in [0.1, 0.15) is 0 Å². The van der Waals surface area contributed by atoms with Crippen LogP contribution in [0.15, 0.2) is 0 Å². The van der Waals surface area contributed by atoms with Crippen LogP contribution in [-0.2, 0) is 0 Å².